The Labute approximate surface area is 67.1 Å². The molecule has 0 unspecified atom stereocenters. The van der Waals surface area contributed by atoms with E-state index in [-0.39, 0.29) is 0 Å². The zero-order valence-corrected chi connectivity index (χ0v) is 7.65. The van der Waals surface area contributed by atoms with E-state index >= 15 is 0 Å². The Kier molecular flexibility index (Phi) is 5.58. The van der Waals surface area contributed by atoms with Crippen molar-refractivity contribution in [3.8, 4) is 0 Å². The Morgan fingerprint density at radius 2 is 2.33 bits per heavy atom. The van der Waals surface area contributed by atoms with Gasteiger partial charge in [-0.3, -0.25) is 0 Å². The van der Waals surface area contributed by atoms with Crippen molar-refractivity contribution in [1.29, 1.82) is 0 Å². The first-order chi connectivity index (χ1) is 4.16. The highest BCUT2D eigenvalue weighted by molar-refractivity contribution is 8.44. The quantitative estimate of drug-likeness (QED) is 0.478. The van der Waals surface area contributed by atoms with E-state index in [9.17, 15) is 0 Å². The molecule has 0 aromatic carbocycles. The van der Waals surface area contributed by atoms with Crippen molar-refractivity contribution in [2.45, 2.75) is 6.92 Å². The van der Waals surface area contributed by atoms with Crippen LogP contribution in [0.2, 0.25) is 0 Å². The largest absolute Gasteiger partial charge is 0.466 e. The van der Waals surface area contributed by atoms with Crippen LogP contribution in [0.3, 0.4) is 0 Å². The lowest BCUT2D eigenvalue weighted by Crippen LogP contribution is -1.99. The number of hydrogen-bond donors (Lipinski definition) is 0. The van der Waals surface area contributed by atoms with E-state index in [1.807, 2.05) is 13.0 Å². The van der Waals surface area contributed by atoms with E-state index in [0.29, 0.717) is 12.5 Å². The molecule has 0 fully saturated rings. The molecule has 0 spiro atoms. The van der Waals surface area contributed by atoms with Crippen LogP contribution >= 0.6 is 0 Å². The molecular formula is C5H9OS3-. The van der Waals surface area contributed by atoms with Crippen molar-refractivity contribution in [2.24, 2.45) is 5.92 Å². The highest BCUT2D eigenvalue weighted by Gasteiger charge is 1.88. The van der Waals surface area contributed by atoms with Crippen molar-refractivity contribution >= 4 is 30.7 Å². The summed E-state index contributed by atoms with van der Waals surface area (Å²) in [6.45, 7) is 6.19. The van der Waals surface area contributed by atoms with E-state index in [2.05, 4.69) is 29.0 Å². The summed E-state index contributed by atoms with van der Waals surface area (Å²) in [5.41, 5.74) is 0. The minimum absolute atomic E-state index is 0.353. The van der Waals surface area contributed by atoms with Gasteiger partial charge in [-0.25, -0.2) is 30.7 Å². The van der Waals surface area contributed by atoms with Gasteiger partial charge in [-0.15, -0.1) is 6.58 Å². The molecule has 0 aromatic heterocycles. The van der Waals surface area contributed by atoms with Crippen LogP contribution in [0.5, 0.6) is 0 Å². The summed E-state index contributed by atoms with van der Waals surface area (Å²) < 4.78 is 4.98. The van der Waals surface area contributed by atoms with E-state index in [4.69, 9.17) is 4.18 Å². The van der Waals surface area contributed by atoms with Crippen LogP contribution in [0, 0.1) is 5.92 Å². The number of rotatable bonds is 4. The van der Waals surface area contributed by atoms with Crippen LogP contribution in [-0.4, -0.2) is 6.61 Å². The van der Waals surface area contributed by atoms with Gasteiger partial charge in [0.1, 0.15) is 0 Å². The zero-order valence-electron chi connectivity index (χ0n) is 5.20. The molecule has 4 heteroatoms. The maximum absolute atomic E-state index is 4.98. The van der Waals surface area contributed by atoms with Gasteiger partial charge < -0.3 is 4.18 Å². The Balaban J connectivity index is 3.38. The van der Waals surface area contributed by atoms with Crippen LogP contribution in [-0.2, 0) is 34.9 Å². The summed E-state index contributed by atoms with van der Waals surface area (Å²) in [5.74, 6) is 0.353. The molecule has 0 heterocycles. The molecular weight excluding hydrogens is 172 g/mol. The predicted octanol–water partition coefficient (Wildman–Crippen LogP) is 1.28. The van der Waals surface area contributed by atoms with Crippen LogP contribution in [0.1, 0.15) is 6.92 Å². The zero-order chi connectivity index (χ0) is 7.28. The van der Waals surface area contributed by atoms with Crippen molar-refractivity contribution in [1.82, 2.24) is 0 Å². The maximum atomic E-state index is 4.98. The molecule has 54 valence electrons. The monoisotopic (exact) mass is 181 g/mol. The van der Waals surface area contributed by atoms with Gasteiger partial charge in [-0.2, -0.15) is 0 Å². The third kappa shape index (κ3) is 6.37. The fraction of sp³-hybridized carbons (Fsp3) is 0.600. The van der Waals surface area contributed by atoms with E-state index in [1.54, 1.807) is 0 Å². The molecule has 0 aromatic rings. The standard InChI is InChI=1S/C5H9OS3/c1-3-5(2)4-6-9(7)8/h3,5H,1,4H2,2H3/q-1/t5-/m1/s1. The van der Waals surface area contributed by atoms with E-state index in [1.165, 1.54) is 0 Å². The molecule has 0 bridgehead atoms. The highest BCUT2D eigenvalue weighted by atomic mass is 33.1. The Bertz CT molecular complexity index is 142. The van der Waals surface area contributed by atoms with Gasteiger partial charge >= 0.3 is 0 Å². The number of hydrogen-bond acceptors (Lipinski definition) is 4. The molecule has 9 heavy (non-hydrogen) atoms. The molecule has 0 saturated heterocycles. The van der Waals surface area contributed by atoms with E-state index < -0.39 is 8.29 Å². The summed E-state index contributed by atoms with van der Waals surface area (Å²) >= 11 is 9.26. The molecule has 0 radical (unpaired) electrons. The fourth-order valence-corrected chi connectivity index (χ4v) is 0.890. The van der Waals surface area contributed by atoms with E-state index in [0.717, 1.165) is 0 Å². The molecule has 0 saturated carbocycles. The molecule has 0 aliphatic rings. The van der Waals surface area contributed by atoms with Gasteiger partial charge in [-0.05, 0) is 5.92 Å². The lowest BCUT2D eigenvalue weighted by molar-refractivity contribution is 0.335. The van der Waals surface area contributed by atoms with Crippen LogP contribution in [0.15, 0.2) is 12.7 Å². The molecule has 0 amide bonds. The van der Waals surface area contributed by atoms with Gasteiger partial charge in [0, 0.05) is 6.61 Å². The lowest BCUT2D eigenvalue weighted by atomic mass is 10.2. The third-order valence-electron chi connectivity index (χ3n) is 0.830. The molecule has 1 atom stereocenters. The first-order valence-corrected chi connectivity index (χ1v) is 5.52. The molecule has 0 rings (SSSR count). The van der Waals surface area contributed by atoms with Crippen molar-refractivity contribution in [2.75, 3.05) is 6.61 Å². The Hall–Kier alpha value is 0.490. The second-order valence-corrected chi connectivity index (χ2v) is 4.80. The molecule has 0 aliphatic carbocycles. The van der Waals surface area contributed by atoms with Crippen molar-refractivity contribution in [3.05, 3.63) is 12.7 Å². The first-order valence-electron chi connectivity index (χ1n) is 2.52. The first kappa shape index (κ1) is 9.49. The minimum Gasteiger partial charge on any atom is -0.466 e. The molecule has 0 aliphatic heterocycles. The lowest BCUT2D eigenvalue weighted by Gasteiger charge is -2.09. The maximum Gasteiger partial charge on any atom is 0.0293 e. The van der Waals surface area contributed by atoms with Crippen LogP contribution in [0.25, 0.3) is 0 Å². The summed E-state index contributed by atoms with van der Waals surface area (Å²) in [4.78, 5) is 0. The SMILES string of the molecule is C=C[C@@H](C)CO[S-](=S)=S. The molecule has 0 N–H and O–H groups in total. The van der Waals surface area contributed by atoms with Crippen LogP contribution < -0.4 is 0 Å². The van der Waals surface area contributed by atoms with Crippen LogP contribution in [0.4, 0.5) is 0 Å². The molecule has 1 nitrogen and oxygen atoms in total. The second kappa shape index (κ2) is 5.29. The Morgan fingerprint density at radius 3 is 2.67 bits per heavy atom. The van der Waals surface area contributed by atoms with Gasteiger partial charge in [0.25, 0.3) is 0 Å². The van der Waals surface area contributed by atoms with Gasteiger partial charge in [0.05, 0.1) is 0 Å². The van der Waals surface area contributed by atoms with Gasteiger partial charge in [0.2, 0.25) is 0 Å². The summed E-state index contributed by atoms with van der Waals surface area (Å²) in [7, 11) is -0.719. The van der Waals surface area contributed by atoms with Gasteiger partial charge in [0.15, 0.2) is 0 Å². The normalized spacial score (nSPS) is 13.6. The fourth-order valence-electron chi connectivity index (χ4n) is 0.231. The summed E-state index contributed by atoms with van der Waals surface area (Å²) in [6.07, 6.45) is 1.82. The van der Waals surface area contributed by atoms with Gasteiger partial charge in [-0.1, -0.05) is 13.0 Å². The average Bonchev–Trinajstić information content (AvgIpc) is 1.83. The summed E-state index contributed by atoms with van der Waals surface area (Å²) in [6, 6.07) is 0. The topological polar surface area (TPSA) is 9.23 Å². The second-order valence-electron chi connectivity index (χ2n) is 1.70. The smallest absolute Gasteiger partial charge is 0.0293 e. The highest BCUT2D eigenvalue weighted by Crippen LogP contribution is 1.95. The predicted molar refractivity (Wildman–Crippen MR) is 47.4 cm³/mol. The third-order valence-corrected chi connectivity index (χ3v) is 1.74. The van der Waals surface area contributed by atoms with Crippen molar-refractivity contribution < 1.29 is 4.18 Å². The Morgan fingerprint density at radius 1 is 1.78 bits per heavy atom. The minimum atomic E-state index is -0.719. The van der Waals surface area contributed by atoms with Crippen molar-refractivity contribution in [3.63, 3.8) is 0 Å². The summed E-state index contributed by atoms with van der Waals surface area (Å²) in [5, 5.41) is 0. The average molecular weight is 181 g/mol.